The van der Waals surface area contributed by atoms with Gasteiger partial charge >= 0.3 is 0 Å². The molecule has 0 aromatic heterocycles. The van der Waals surface area contributed by atoms with Crippen molar-refractivity contribution < 1.29 is 20.4 Å². The van der Waals surface area contributed by atoms with Crippen LogP contribution in [0.5, 0.6) is 0 Å². The maximum atomic E-state index is 2.29. The molecule has 0 rings (SSSR count). The van der Waals surface area contributed by atoms with E-state index in [4.69, 9.17) is 0 Å². The first-order valence-corrected chi connectivity index (χ1v) is 7.91. The molecule has 0 aliphatic carbocycles. The molecule has 0 atom stereocenters. The Bertz CT molecular complexity index is 98.1. The van der Waals surface area contributed by atoms with Crippen molar-refractivity contribution in [2.45, 2.75) is 104 Å². The molecule has 0 aliphatic heterocycles. The maximum Gasteiger partial charge on any atom is 0 e. The fourth-order valence-corrected chi connectivity index (χ4v) is 2.27. The Balaban J connectivity index is 0. The molecular weight excluding hydrogens is 299 g/mol. The van der Waals surface area contributed by atoms with E-state index in [2.05, 4.69) is 13.8 Å². The first-order valence-electron chi connectivity index (χ1n) is 7.91. The Morgan fingerprint density at radius 1 is 0.353 bits per heavy atom. The average Bonchev–Trinajstić information content (AvgIpc) is 2.31. The predicted octanol–water partition coefficient (Wildman–Crippen LogP) is 6.49. The summed E-state index contributed by atoms with van der Waals surface area (Å²) >= 11 is 0. The number of rotatable bonds is 13. The van der Waals surface area contributed by atoms with E-state index in [-0.39, 0.29) is 20.4 Å². The molecule has 1 heteroatoms. The summed E-state index contributed by atoms with van der Waals surface area (Å²) < 4.78 is 0. The van der Waals surface area contributed by atoms with E-state index in [0.29, 0.717) is 0 Å². The summed E-state index contributed by atoms with van der Waals surface area (Å²) in [5.41, 5.74) is 0. The van der Waals surface area contributed by atoms with Gasteiger partial charge in [0.1, 0.15) is 0 Å². The van der Waals surface area contributed by atoms with Gasteiger partial charge in [-0.25, -0.2) is 0 Å². The van der Waals surface area contributed by atoms with Gasteiger partial charge in [0.05, 0.1) is 0 Å². The van der Waals surface area contributed by atoms with E-state index >= 15 is 0 Å². The summed E-state index contributed by atoms with van der Waals surface area (Å²) in [6.07, 6.45) is 20.4. The third-order valence-electron chi connectivity index (χ3n) is 3.46. The largest absolute Gasteiger partial charge is 0.0654 e. The third-order valence-corrected chi connectivity index (χ3v) is 3.46. The van der Waals surface area contributed by atoms with E-state index in [1.54, 1.807) is 0 Å². The average molecular weight is 333 g/mol. The smallest absolute Gasteiger partial charge is 0 e. The van der Waals surface area contributed by atoms with Crippen LogP contribution in [0.3, 0.4) is 0 Å². The minimum Gasteiger partial charge on any atom is -0.0654 e. The van der Waals surface area contributed by atoms with Gasteiger partial charge < -0.3 is 0 Å². The van der Waals surface area contributed by atoms with Gasteiger partial charge in [0.2, 0.25) is 0 Å². The van der Waals surface area contributed by atoms with E-state index in [0.717, 1.165) is 0 Å². The summed E-state index contributed by atoms with van der Waals surface area (Å²) in [6, 6.07) is 0. The second-order valence-electron chi connectivity index (χ2n) is 5.24. The first-order chi connectivity index (χ1) is 7.91. The van der Waals surface area contributed by atoms with Crippen molar-refractivity contribution in [2.24, 2.45) is 0 Å². The predicted molar refractivity (Wildman–Crippen MR) is 76.0 cm³/mol. The molecule has 0 aromatic rings. The van der Waals surface area contributed by atoms with Crippen molar-refractivity contribution in [3.63, 3.8) is 0 Å². The molecule has 0 heterocycles. The zero-order chi connectivity index (χ0) is 11.9. The van der Waals surface area contributed by atoms with Crippen LogP contribution >= 0.6 is 0 Å². The van der Waals surface area contributed by atoms with Gasteiger partial charge in [0.25, 0.3) is 0 Å². The number of unbranched alkanes of at least 4 members (excludes halogenated alkanes) is 13. The Morgan fingerprint density at radius 3 is 0.706 bits per heavy atom. The second-order valence-corrected chi connectivity index (χ2v) is 5.24. The second kappa shape index (κ2) is 19.0. The van der Waals surface area contributed by atoms with E-state index in [1.807, 2.05) is 0 Å². The van der Waals surface area contributed by atoms with Crippen LogP contribution in [0.15, 0.2) is 0 Å². The topological polar surface area (TPSA) is 0 Å². The molecule has 0 N–H and O–H groups in total. The van der Waals surface area contributed by atoms with E-state index < -0.39 is 0 Å². The Labute approximate surface area is 124 Å². The molecular formula is C16H34Pd. The molecule has 0 amide bonds. The SMILES string of the molecule is CCCCCCCCCCCCCCCC.[Pd]. The Hall–Kier alpha value is 0.662. The normalized spacial score (nSPS) is 10.2. The molecule has 0 radical (unpaired) electrons. The summed E-state index contributed by atoms with van der Waals surface area (Å²) in [5.74, 6) is 0. The van der Waals surface area contributed by atoms with Crippen LogP contribution in [0.4, 0.5) is 0 Å². The molecule has 0 fully saturated rings. The Kier molecular flexibility index (Phi) is 22.4. The molecule has 0 bridgehead atoms. The van der Waals surface area contributed by atoms with Crippen LogP contribution in [-0.4, -0.2) is 0 Å². The molecule has 0 saturated carbocycles. The van der Waals surface area contributed by atoms with Crippen LogP contribution in [0.25, 0.3) is 0 Å². The fraction of sp³-hybridized carbons (Fsp3) is 1.00. The quantitative estimate of drug-likeness (QED) is 0.267. The monoisotopic (exact) mass is 332 g/mol. The van der Waals surface area contributed by atoms with Crippen LogP contribution in [0.1, 0.15) is 104 Å². The van der Waals surface area contributed by atoms with Crippen LogP contribution in [0, 0.1) is 0 Å². The molecule has 0 unspecified atom stereocenters. The first kappa shape index (κ1) is 20.0. The summed E-state index contributed by atoms with van der Waals surface area (Å²) in [4.78, 5) is 0. The van der Waals surface area contributed by atoms with Gasteiger partial charge in [0.15, 0.2) is 0 Å². The van der Waals surface area contributed by atoms with Crippen molar-refractivity contribution in [1.29, 1.82) is 0 Å². The summed E-state index contributed by atoms with van der Waals surface area (Å²) in [6.45, 7) is 4.58. The van der Waals surface area contributed by atoms with Gasteiger partial charge in [-0.15, -0.1) is 0 Å². The van der Waals surface area contributed by atoms with Crippen molar-refractivity contribution in [1.82, 2.24) is 0 Å². The van der Waals surface area contributed by atoms with E-state index in [1.165, 1.54) is 89.9 Å². The molecule has 0 spiro atoms. The van der Waals surface area contributed by atoms with Crippen LogP contribution in [-0.2, 0) is 20.4 Å². The van der Waals surface area contributed by atoms with E-state index in [9.17, 15) is 0 Å². The molecule has 108 valence electrons. The van der Waals surface area contributed by atoms with Gasteiger partial charge in [-0.1, -0.05) is 104 Å². The minimum atomic E-state index is 0. The van der Waals surface area contributed by atoms with Crippen molar-refractivity contribution in [3.05, 3.63) is 0 Å². The summed E-state index contributed by atoms with van der Waals surface area (Å²) in [5, 5.41) is 0. The standard InChI is InChI=1S/C16H34.Pd/c1-3-5-7-9-11-13-15-16-14-12-10-8-6-4-2;/h3-16H2,1-2H3;. The zero-order valence-electron chi connectivity index (χ0n) is 12.2. The molecule has 0 nitrogen and oxygen atoms in total. The van der Waals surface area contributed by atoms with Gasteiger partial charge in [-0.3, -0.25) is 0 Å². The minimum absolute atomic E-state index is 0. The third kappa shape index (κ3) is 19.2. The maximum absolute atomic E-state index is 2.29. The van der Waals surface area contributed by atoms with Crippen LogP contribution < -0.4 is 0 Å². The molecule has 17 heavy (non-hydrogen) atoms. The van der Waals surface area contributed by atoms with Crippen molar-refractivity contribution in [2.75, 3.05) is 0 Å². The Morgan fingerprint density at radius 2 is 0.529 bits per heavy atom. The van der Waals surface area contributed by atoms with Gasteiger partial charge in [0, 0.05) is 20.4 Å². The number of hydrogen-bond acceptors (Lipinski definition) is 0. The molecule has 0 aliphatic rings. The zero-order valence-corrected chi connectivity index (χ0v) is 13.8. The molecule has 0 aromatic carbocycles. The van der Waals surface area contributed by atoms with Gasteiger partial charge in [-0.05, 0) is 0 Å². The molecule has 0 saturated heterocycles. The summed E-state index contributed by atoms with van der Waals surface area (Å²) in [7, 11) is 0. The van der Waals surface area contributed by atoms with Crippen molar-refractivity contribution in [3.8, 4) is 0 Å². The van der Waals surface area contributed by atoms with Crippen LogP contribution in [0.2, 0.25) is 0 Å². The van der Waals surface area contributed by atoms with Crippen molar-refractivity contribution >= 4 is 0 Å². The van der Waals surface area contributed by atoms with Gasteiger partial charge in [-0.2, -0.15) is 0 Å². The number of hydrogen-bond donors (Lipinski definition) is 0. The fourth-order valence-electron chi connectivity index (χ4n) is 2.27.